The highest BCUT2D eigenvalue weighted by Gasteiger charge is 2.20. The minimum absolute atomic E-state index is 0.624. The van der Waals surface area contributed by atoms with E-state index < -0.39 is 0 Å². The average molecular weight is 205 g/mol. The summed E-state index contributed by atoms with van der Waals surface area (Å²) in [5.41, 5.74) is 6.93. The number of nitrogens with zero attached hydrogens (tertiary/aromatic N) is 2. The van der Waals surface area contributed by atoms with Crippen LogP contribution >= 0.6 is 0 Å². The molecule has 0 spiro atoms. The van der Waals surface area contributed by atoms with Gasteiger partial charge in [0.05, 0.1) is 0 Å². The van der Waals surface area contributed by atoms with Crippen LogP contribution in [0.2, 0.25) is 0 Å². The Morgan fingerprint density at radius 2 is 2.47 bits per heavy atom. The van der Waals surface area contributed by atoms with Crippen molar-refractivity contribution in [2.45, 2.75) is 26.3 Å². The Labute approximate surface area is 91.3 Å². The molecule has 82 valence electrons. The van der Waals surface area contributed by atoms with Gasteiger partial charge in [0.2, 0.25) is 0 Å². The second kappa shape index (κ2) is 4.62. The minimum Gasteiger partial charge on any atom is -0.384 e. The minimum atomic E-state index is 0.624. The Morgan fingerprint density at radius 1 is 1.60 bits per heavy atom. The Bertz CT molecular complexity index is 324. The number of likely N-dealkylation sites (tertiary alicyclic amines) is 1. The highest BCUT2D eigenvalue weighted by atomic mass is 15.1. The van der Waals surface area contributed by atoms with E-state index in [0.29, 0.717) is 5.82 Å². The first kappa shape index (κ1) is 10.4. The largest absolute Gasteiger partial charge is 0.384 e. The monoisotopic (exact) mass is 205 g/mol. The highest BCUT2D eigenvalue weighted by molar-refractivity contribution is 5.31. The van der Waals surface area contributed by atoms with Crippen molar-refractivity contribution in [1.29, 1.82) is 0 Å². The molecule has 0 aliphatic carbocycles. The molecule has 1 aromatic heterocycles. The maximum Gasteiger partial charge on any atom is 0.123 e. The molecular weight excluding hydrogens is 186 g/mol. The number of anilines is 1. The molecule has 1 atom stereocenters. The molecule has 1 unspecified atom stereocenters. The van der Waals surface area contributed by atoms with Crippen molar-refractivity contribution in [2.24, 2.45) is 5.92 Å². The van der Waals surface area contributed by atoms with Gasteiger partial charge in [-0.1, -0.05) is 13.3 Å². The van der Waals surface area contributed by atoms with Crippen LogP contribution < -0.4 is 5.73 Å². The zero-order valence-corrected chi connectivity index (χ0v) is 9.32. The average Bonchev–Trinajstić information content (AvgIpc) is 2.65. The Hall–Kier alpha value is -1.09. The van der Waals surface area contributed by atoms with E-state index in [0.717, 1.165) is 12.5 Å². The van der Waals surface area contributed by atoms with Crippen LogP contribution in [0.5, 0.6) is 0 Å². The lowest BCUT2D eigenvalue weighted by Crippen LogP contribution is -2.20. The molecule has 0 bridgehead atoms. The second-order valence-corrected chi connectivity index (χ2v) is 4.39. The van der Waals surface area contributed by atoms with E-state index in [2.05, 4.69) is 22.9 Å². The lowest BCUT2D eigenvalue weighted by atomic mass is 10.1. The van der Waals surface area contributed by atoms with Crippen molar-refractivity contribution in [3.63, 3.8) is 0 Å². The number of hydrogen-bond donors (Lipinski definition) is 1. The van der Waals surface area contributed by atoms with Crippen LogP contribution in [0.15, 0.2) is 18.3 Å². The molecule has 0 saturated carbocycles. The van der Waals surface area contributed by atoms with Crippen LogP contribution in [0.1, 0.15) is 25.3 Å². The molecule has 15 heavy (non-hydrogen) atoms. The third-order valence-electron chi connectivity index (χ3n) is 3.20. The van der Waals surface area contributed by atoms with Crippen molar-refractivity contribution in [1.82, 2.24) is 9.88 Å². The van der Waals surface area contributed by atoms with Gasteiger partial charge in [0.25, 0.3) is 0 Å². The third-order valence-corrected chi connectivity index (χ3v) is 3.20. The van der Waals surface area contributed by atoms with Gasteiger partial charge in [0, 0.05) is 19.3 Å². The van der Waals surface area contributed by atoms with E-state index in [-0.39, 0.29) is 0 Å². The van der Waals surface area contributed by atoms with E-state index in [1.165, 1.54) is 31.5 Å². The number of hydrogen-bond acceptors (Lipinski definition) is 3. The first-order valence-electron chi connectivity index (χ1n) is 5.70. The van der Waals surface area contributed by atoms with Crippen LogP contribution in [-0.4, -0.2) is 23.0 Å². The predicted octanol–water partition coefficient (Wildman–Crippen LogP) is 1.90. The van der Waals surface area contributed by atoms with Crippen LogP contribution in [0.4, 0.5) is 5.82 Å². The van der Waals surface area contributed by atoms with E-state index in [4.69, 9.17) is 5.73 Å². The second-order valence-electron chi connectivity index (χ2n) is 4.39. The summed E-state index contributed by atoms with van der Waals surface area (Å²) < 4.78 is 0. The molecule has 2 N–H and O–H groups in total. The maximum atomic E-state index is 5.66. The summed E-state index contributed by atoms with van der Waals surface area (Å²) in [5.74, 6) is 1.52. The van der Waals surface area contributed by atoms with Gasteiger partial charge in [-0.25, -0.2) is 4.98 Å². The molecule has 3 nitrogen and oxygen atoms in total. The quantitative estimate of drug-likeness (QED) is 0.819. The first-order valence-corrected chi connectivity index (χ1v) is 5.70. The number of aromatic nitrogens is 1. The fourth-order valence-electron chi connectivity index (χ4n) is 2.24. The SMILES string of the molecule is CCC1CCN(Cc2ccnc(N)c2)C1. The molecule has 1 saturated heterocycles. The van der Waals surface area contributed by atoms with Crippen LogP contribution in [0.25, 0.3) is 0 Å². The first-order chi connectivity index (χ1) is 7.28. The van der Waals surface area contributed by atoms with Gasteiger partial charge in [-0.2, -0.15) is 0 Å². The maximum absolute atomic E-state index is 5.66. The normalized spacial score (nSPS) is 22.1. The number of pyridine rings is 1. The van der Waals surface area contributed by atoms with Crippen LogP contribution in [-0.2, 0) is 6.54 Å². The predicted molar refractivity (Wildman–Crippen MR) is 62.3 cm³/mol. The molecule has 1 aliphatic heterocycles. The van der Waals surface area contributed by atoms with Crippen LogP contribution in [0.3, 0.4) is 0 Å². The van der Waals surface area contributed by atoms with E-state index in [1.54, 1.807) is 6.20 Å². The summed E-state index contributed by atoms with van der Waals surface area (Å²) in [6, 6.07) is 4.02. The van der Waals surface area contributed by atoms with Crippen molar-refractivity contribution in [3.05, 3.63) is 23.9 Å². The van der Waals surface area contributed by atoms with Gasteiger partial charge < -0.3 is 5.73 Å². The van der Waals surface area contributed by atoms with E-state index >= 15 is 0 Å². The number of rotatable bonds is 3. The van der Waals surface area contributed by atoms with Crippen molar-refractivity contribution in [3.8, 4) is 0 Å². The summed E-state index contributed by atoms with van der Waals surface area (Å²) in [5, 5.41) is 0. The zero-order chi connectivity index (χ0) is 10.7. The topological polar surface area (TPSA) is 42.2 Å². The summed E-state index contributed by atoms with van der Waals surface area (Å²) in [6.07, 6.45) is 4.43. The number of nitrogen functional groups attached to an aromatic ring is 1. The van der Waals surface area contributed by atoms with Gasteiger partial charge in [-0.05, 0) is 36.6 Å². The standard InChI is InChI=1S/C12H19N3/c1-2-10-4-6-15(8-10)9-11-3-5-14-12(13)7-11/h3,5,7,10H,2,4,6,8-9H2,1H3,(H2,13,14). The molecule has 0 radical (unpaired) electrons. The van der Waals surface area contributed by atoms with Gasteiger partial charge in [-0.3, -0.25) is 4.90 Å². The molecule has 1 fully saturated rings. The van der Waals surface area contributed by atoms with Crippen molar-refractivity contribution >= 4 is 5.82 Å². The van der Waals surface area contributed by atoms with Gasteiger partial charge in [0.1, 0.15) is 5.82 Å². The third kappa shape index (κ3) is 2.69. The lowest BCUT2D eigenvalue weighted by Gasteiger charge is -2.15. The molecule has 1 aliphatic rings. The van der Waals surface area contributed by atoms with E-state index in [1.807, 2.05) is 6.07 Å². The molecule has 2 heterocycles. The Kier molecular flexibility index (Phi) is 3.21. The van der Waals surface area contributed by atoms with Gasteiger partial charge >= 0.3 is 0 Å². The molecule has 0 amide bonds. The van der Waals surface area contributed by atoms with Gasteiger partial charge in [0.15, 0.2) is 0 Å². The molecular formula is C12H19N3. The summed E-state index contributed by atoms with van der Waals surface area (Å²) >= 11 is 0. The molecule has 3 heteroatoms. The fraction of sp³-hybridized carbons (Fsp3) is 0.583. The Morgan fingerprint density at radius 3 is 3.13 bits per heavy atom. The summed E-state index contributed by atoms with van der Waals surface area (Å²) in [6.45, 7) is 5.75. The fourth-order valence-corrected chi connectivity index (χ4v) is 2.24. The summed E-state index contributed by atoms with van der Waals surface area (Å²) in [7, 11) is 0. The molecule has 2 rings (SSSR count). The van der Waals surface area contributed by atoms with Crippen molar-refractivity contribution in [2.75, 3.05) is 18.8 Å². The van der Waals surface area contributed by atoms with E-state index in [9.17, 15) is 0 Å². The van der Waals surface area contributed by atoms with Crippen molar-refractivity contribution < 1.29 is 0 Å². The molecule has 0 aromatic carbocycles. The number of nitrogens with two attached hydrogens (primary N) is 1. The summed E-state index contributed by atoms with van der Waals surface area (Å²) in [4.78, 5) is 6.51. The smallest absolute Gasteiger partial charge is 0.123 e. The highest BCUT2D eigenvalue weighted by Crippen LogP contribution is 2.21. The Balaban J connectivity index is 1.92. The lowest BCUT2D eigenvalue weighted by molar-refractivity contribution is 0.315. The zero-order valence-electron chi connectivity index (χ0n) is 9.32. The van der Waals surface area contributed by atoms with Gasteiger partial charge in [-0.15, -0.1) is 0 Å². The molecule has 1 aromatic rings. The van der Waals surface area contributed by atoms with Crippen LogP contribution in [0, 0.1) is 5.92 Å².